The summed E-state index contributed by atoms with van der Waals surface area (Å²) >= 11 is 0. The van der Waals surface area contributed by atoms with Crippen LogP contribution in [0.4, 0.5) is 4.79 Å². The molecule has 0 spiro atoms. The summed E-state index contributed by atoms with van der Waals surface area (Å²) in [5.74, 6) is 0.183. The zero-order valence-electron chi connectivity index (χ0n) is 10.2. The molecule has 0 saturated carbocycles. The number of carbonyl (C=O) groups is 1. The van der Waals surface area contributed by atoms with E-state index >= 15 is 0 Å². The molecule has 5 N–H and O–H groups in total. The summed E-state index contributed by atoms with van der Waals surface area (Å²) < 4.78 is 5.35. The number of hydrogen-bond acceptors (Lipinski definition) is 8. The van der Waals surface area contributed by atoms with E-state index in [1.165, 1.54) is 11.2 Å². The topological polar surface area (TPSA) is 153 Å². The van der Waals surface area contributed by atoms with Gasteiger partial charge in [-0.15, -0.1) is 0 Å². The number of aliphatic hydroxyl groups is 3. The zero-order valence-corrected chi connectivity index (χ0v) is 10.2. The highest BCUT2D eigenvalue weighted by molar-refractivity contribution is 6.22. The molecule has 0 aromatic heterocycles. The lowest BCUT2D eigenvalue weighted by Crippen LogP contribution is -2.50. The van der Waals surface area contributed by atoms with Crippen molar-refractivity contribution in [3.05, 3.63) is 0 Å². The number of nitrogens with zero attached hydrogens (tertiary/aromatic N) is 4. The van der Waals surface area contributed by atoms with Gasteiger partial charge in [0.2, 0.25) is 0 Å². The Kier molecular flexibility index (Phi) is 3.01. The second-order valence-corrected chi connectivity index (χ2v) is 4.59. The number of amides is 2. The average molecular weight is 283 g/mol. The van der Waals surface area contributed by atoms with Gasteiger partial charge in [0.05, 0.1) is 12.9 Å². The number of hydrogen-bond donors (Lipinski definition) is 4. The number of aliphatic hydroxyl groups excluding tert-OH is 3. The Labute approximate surface area is 112 Å². The van der Waals surface area contributed by atoms with Crippen LogP contribution in [0.15, 0.2) is 15.0 Å². The molecule has 1 saturated heterocycles. The number of urea groups is 1. The minimum Gasteiger partial charge on any atom is -0.394 e. The Morgan fingerprint density at radius 3 is 2.75 bits per heavy atom. The first-order chi connectivity index (χ1) is 9.52. The van der Waals surface area contributed by atoms with Crippen LogP contribution in [0.2, 0.25) is 0 Å². The summed E-state index contributed by atoms with van der Waals surface area (Å²) in [7, 11) is 0. The maximum Gasteiger partial charge on any atom is 0.370 e. The second kappa shape index (κ2) is 4.59. The summed E-state index contributed by atoms with van der Waals surface area (Å²) in [5, 5.41) is 28.7. The molecule has 0 bridgehead atoms. The molecule has 108 valence electrons. The summed E-state index contributed by atoms with van der Waals surface area (Å²) in [6.07, 6.45) is -3.15. The van der Waals surface area contributed by atoms with E-state index in [4.69, 9.17) is 15.6 Å². The van der Waals surface area contributed by atoms with E-state index in [1.807, 2.05) is 0 Å². The predicted octanol–water partition coefficient (Wildman–Crippen LogP) is -2.97. The number of nitrogens with two attached hydrogens (primary N) is 1. The first-order valence-electron chi connectivity index (χ1n) is 5.93. The second-order valence-electron chi connectivity index (χ2n) is 4.59. The van der Waals surface area contributed by atoms with E-state index in [0.717, 1.165) is 0 Å². The number of ether oxygens (including phenoxy) is 1. The summed E-state index contributed by atoms with van der Waals surface area (Å²) in [5.41, 5.74) is 5.60. The Bertz CT molecular complexity index is 532. The van der Waals surface area contributed by atoms with E-state index in [0.29, 0.717) is 0 Å². The van der Waals surface area contributed by atoms with Gasteiger partial charge in [0.15, 0.2) is 18.1 Å². The molecule has 20 heavy (non-hydrogen) atoms. The third kappa shape index (κ3) is 1.81. The van der Waals surface area contributed by atoms with Crippen LogP contribution in [0.25, 0.3) is 0 Å². The quantitative estimate of drug-likeness (QED) is 0.422. The van der Waals surface area contributed by atoms with Gasteiger partial charge in [-0.2, -0.15) is 9.98 Å². The van der Waals surface area contributed by atoms with Crippen LogP contribution >= 0.6 is 0 Å². The van der Waals surface area contributed by atoms with Crippen molar-refractivity contribution < 1.29 is 24.9 Å². The summed E-state index contributed by atoms with van der Waals surface area (Å²) in [6, 6.07) is -1.47. The van der Waals surface area contributed by atoms with Crippen LogP contribution < -0.4 is 5.73 Å². The normalized spacial score (nSPS) is 39.9. The van der Waals surface area contributed by atoms with Crippen molar-refractivity contribution in [1.82, 2.24) is 4.90 Å². The van der Waals surface area contributed by atoms with Crippen LogP contribution in [-0.4, -0.2) is 81.4 Å². The fraction of sp³-hybridized carbons (Fsp3) is 0.600. The maximum atomic E-state index is 11.3. The third-order valence-corrected chi connectivity index (χ3v) is 3.36. The van der Waals surface area contributed by atoms with Crippen LogP contribution in [-0.2, 0) is 4.74 Å². The monoisotopic (exact) mass is 283 g/mol. The van der Waals surface area contributed by atoms with Crippen LogP contribution in [0.3, 0.4) is 0 Å². The number of aliphatic imine (C=N–C) groups is 3. The standard InChI is InChI=1S/C10H13N5O5/c11-7-4-8(14-10(19)13-7)15(2-12-4)9-6(18)5(17)3(1-16)20-9/h2-6,9,16-18H,1H2,(H2,11,13,19). The van der Waals surface area contributed by atoms with Crippen molar-refractivity contribution in [2.24, 2.45) is 20.7 Å². The molecule has 0 aromatic carbocycles. The predicted molar refractivity (Wildman–Crippen MR) is 66.3 cm³/mol. The molecule has 3 heterocycles. The first-order valence-corrected chi connectivity index (χ1v) is 5.93. The Morgan fingerprint density at radius 2 is 2.10 bits per heavy atom. The Hall–Kier alpha value is -1.88. The lowest BCUT2D eigenvalue weighted by molar-refractivity contribution is -0.0509. The largest absolute Gasteiger partial charge is 0.394 e. The molecular formula is C10H13N5O5. The van der Waals surface area contributed by atoms with Crippen LogP contribution in [0.1, 0.15) is 0 Å². The number of fused-ring (bicyclic) bond motifs is 1. The number of carbonyl (C=O) groups excluding carboxylic acids is 1. The van der Waals surface area contributed by atoms with Gasteiger partial charge < -0.3 is 25.8 Å². The highest BCUT2D eigenvalue weighted by Gasteiger charge is 2.48. The molecule has 5 atom stereocenters. The molecule has 5 unspecified atom stereocenters. The van der Waals surface area contributed by atoms with E-state index in [2.05, 4.69) is 15.0 Å². The molecule has 10 heteroatoms. The maximum absolute atomic E-state index is 11.3. The van der Waals surface area contributed by atoms with Crippen molar-refractivity contribution in [3.8, 4) is 0 Å². The van der Waals surface area contributed by atoms with Gasteiger partial charge in [-0.3, -0.25) is 9.89 Å². The minimum absolute atomic E-state index is 0.00509. The summed E-state index contributed by atoms with van der Waals surface area (Å²) in [4.78, 5) is 23.9. The fourth-order valence-electron chi connectivity index (χ4n) is 2.33. The highest BCUT2D eigenvalue weighted by Crippen LogP contribution is 2.27. The van der Waals surface area contributed by atoms with Crippen molar-refractivity contribution in [1.29, 1.82) is 0 Å². The smallest absolute Gasteiger partial charge is 0.370 e. The van der Waals surface area contributed by atoms with Gasteiger partial charge >= 0.3 is 6.03 Å². The lowest BCUT2D eigenvalue weighted by atomic mass is 10.1. The number of rotatable bonds is 2. The van der Waals surface area contributed by atoms with Gasteiger partial charge in [0, 0.05) is 0 Å². The summed E-state index contributed by atoms with van der Waals surface area (Å²) in [6.45, 7) is -0.446. The fourth-order valence-corrected chi connectivity index (χ4v) is 2.33. The molecule has 10 nitrogen and oxygen atoms in total. The van der Waals surface area contributed by atoms with E-state index < -0.39 is 43.2 Å². The molecule has 3 aliphatic heterocycles. The van der Waals surface area contributed by atoms with Crippen LogP contribution in [0.5, 0.6) is 0 Å². The molecule has 1 fully saturated rings. The molecular weight excluding hydrogens is 270 g/mol. The van der Waals surface area contributed by atoms with E-state index in [1.54, 1.807) is 0 Å². The third-order valence-electron chi connectivity index (χ3n) is 3.36. The van der Waals surface area contributed by atoms with Crippen molar-refractivity contribution >= 4 is 24.0 Å². The van der Waals surface area contributed by atoms with Crippen molar-refractivity contribution in [2.45, 2.75) is 30.6 Å². The van der Waals surface area contributed by atoms with Gasteiger partial charge in [0.25, 0.3) is 0 Å². The minimum atomic E-state index is -1.28. The molecule has 0 aromatic rings. The Balaban J connectivity index is 1.86. The Morgan fingerprint density at radius 1 is 1.35 bits per heavy atom. The molecule has 3 aliphatic rings. The molecule has 2 amide bonds. The zero-order chi connectivity index (χ0) is 14.4. The number of amidine groups is 2. The first kappa shape index (κ1) is 13.1. The van der Waals surface area contributed by atoms with Crippen LogP contribution in [0, 0.1) is 0 Å². The SMILES string of the molecule is NC1=NC(=O)N=C2C1N=CN2C1OC(CO)C(O)C1O. The lowest BCUT2D eigenvalue weighted by Gasteiger charge is -2.27. The van der Waals surface area contributed by atoms with E-state index in [-0.39, 0.29) is 11.7 Å². The van der Waals surface area contributed by atoms with Gasteiger partial charge in [-0.05, 0) is 0 Å². The molecule has 3 rings (SSSR count). The molecule has 0 radical (unpaired) electrons. The van der Waals surface area contributed by atoms with Crippen molar-refractivity contribution in [3.63, 3.8) is 0 Å². The average Bonchev–Trinajstić information content (AvgIpc) is 2.93. The van der Waals surface area contributed by atoms with Gasteiger partial charge in [0.1, 0.15) is 24.1 Å². The van der Waals surface area contributed by atoms with Gasteiger partial charge in [-0.25, -0.2) is 4.79 Å². The molecule has 0 aliphatic carbocycles. The highest BCUT2D eigenvalue weighted by atomic mass is 16.6. The van der Waals surface area contributed by atoms with E-state index in [9.17, 15) is 15.0 Å². The van der Waals surface area contributed by atoms with Gasteiger partial charge in [-0.1, -0.05) is 0 Å². The van der Waals surface area contributed by atoms with Crippen molar-refractivity contribution in [2.75, 3.05) is 6.61 Å².